The van der Waals surface area contributed by atoms with Crippen LogP contribution in [0.1, 0.15) is 35.7 Å². The third-order valence-corrected chi connectivity index (χ3v) is 2.30. The topological polar surface area (TPSA) is 46.2 Å². The lowest BCUT2D eigenvalue weighted by Crippen LogP contribution is -2.29. The first-order chi connectivity index (χ1) is 7.63. The molecule has 1 amide bonds. The summed E-state index contributed by atoms with van der Waals surface area (Å²) in [5, 5.41) is 2.61. The smallest absolute Gasteiger partial charge is 0.220 e. The van der Waals surface area contributed by atoms with E-state index in [2.05, 4.69) is 5.32 Å². The van der Waals surface area contributed by atoms with E-state index in [1.807, 2.05) is 26.0 Å². The summed E-state index contributed by atoms with van der Waals surface area (Å²) in [6, 6.07) is 7.34. The number of aryl methyl sites for hydroxylation is 1. The van der Waals surface area contributed by atoms with Gasteiger partial charge >= 0.3 is 0 Å². The van der Waals surface area contributed by atoms with E-state index in [1.165, 1.54) is 0 Å². The van der Waals surface area contributed by atoms with Crippen molar-refractivity contribution in [2.75, 3.05) is 6.54 Å². The minimum atomic E-state index is -0.0667. The molecule has 0 fully saturated rings. The Morgan fingerprint density at radius 1 is 1.19 bits per heavy atom. The van der Waals surface area contributed by atoms with Gasteiger partial charge in [-0.15, -0.1) is 0 Å². The van der Waals surface area contributed by atoms with E-state index in [9.17, 15) is 9.59 Å². The third-order valence-electron chi connectivity index (χ3n) is 2.30. The Labute approximate surface area is 95.9 Å². The molecule has 1 N–H and O–H groups in total. The number of benzene rings is 1. The molecule has 0 aliphatic carbocycles. The van der Waals surface area contributed by atoms with Crippen molar-refractivity contribution >= 4 is 11.7 Å². The second-order valence-corrected chi connectivity index (χ2v) is 3.82. The molecule has 1 aromatic rings. The molecule has 0 radical (unpaired) electrons. The first-order valence-electron chi connectivity index (χ1n) is 5.50. The van der Waals surface area contributed by atoms with Gasteiger partial charge in [0, 0.05) is 12.0 Å². The summed E-state index contributed by atoms with van der Waals surface area (Å²) in [6.45, 7) is 3.99. The zero-order chi connectivity index (χ0) is 12.0. The number of nitrogens with one attached hydrogen (secondary N) is 1. The quantitative estimate of drug-likeness (QED) is 0.771. The number of carbonyl (C=O) groups excluding carboxylic acids is 2. The van der Waals surface area contributed by atoms with Gasteiger partial charge in [-0.2, -0.15) is 0 Å². The van der Waals surface area contributed by atoms with Crippen molar-refractivity contribution in [3.8, 4) is 0 Å². The second-order valence-electron chi connectivity index (χ2n) is 3.82. The highest BCUT2D eigenvalue weighted by Gasteiger charge is 2.06. The van der Waals surface area contributed by atoms with E-state index in [-0.39, 0.29) is 18.2 Å². The predicted octanol–water partition coefficient (Wildman–Crippen LogP) is 2.09. The van der Waals surface area contributed by atoms with Crippen molar-refractivity contribution in [3.05, 3.63) is 35.4 Å². The molecule has 0 aromatic heterocycles. The van der Waals surface area contributed by atoms with Crippen molar-refractivity contribution in [1.82, 2.24) is 5.32 Å². The number of ketones is 1. The highest BCUT2D eigenvalue weighted by atomic mass is 16.2. The minimum Gasteiger partial charge on any atom is -0.349 e. The van der Waals surface area contributed by atoms with E-state index in [4.69, 9.17) is 0 Å². The maximum absolute atomic E-state index is 11.6. The SMILES string of the molecule is CCCC(=O)NCC(=O)c1ccc(C)cc1. The summed E-state index contributed by atoms with van der Waals surface area (Å²) in [5.74, 6) is -0.118. The average Bonchev–Trinajstić information content (AvgIpc) is 2.27. The van der Waals surface area contributed by atoms with Crippen LogP contribution >= 0.6 is 0 Å². The van der Waals surface area contributed by atoms with Gasteiger partial charge in [0.15, 0.2) is 5.78 Å². The van der Waals surface area contributed by atoms with Gasteiger partial charge in [0.2, 0.25) is 5.91 Å². The fourth-order valence-corrected chi connectivity index (χ4v) is 1.34. The van der Waals surface area contributed by atoms with Crippen LogP contribution in [0.25, 0.3) is 0 Å². The van der Waals surface area contributed by atoms with E-state index in [1.54, 1.807) is 12.1 Å². The number of hydrogen-bond acceptors (Lipinski definition) is 2. The van der Waals surface area contributed by atoms with Crippen molar-refractivity contribution in [2.45, 2.75) is 26.7 Å². The Balaban J connectivity index is 2.47. The van der Waals surface area contributed by atoms with E-state index in [0.29, 0.717) is 12.0 Å². The predicted molar refractivity (Wildman–Crippen MR) is 63.4 cm³/mol. The van der Waals surface area contributed by atoms with Crippen LogP contribution in [-0.4, -0.2) is 18.2 Å². The molecule has 1 rings (SSSR count). The lowest BCUT2D eigenvalue weighted by Gasteiger charge is -2.04. The molecular formula is C13H17NO2. The lowest BCUT2D eigenvalue weighted by atomic mass is 10.1. The van der Waals surface area contributed by atoms with Gasteiger partial charge in [-0.3, -0.25) is 9.59 Å². The first-order valence-corrected chi connectivity index (χ1v) is 5.50. The van der Waals surface area contributed by atoms with E-state index >= 15 is 0 Å². The molecule has 0 saturated carbocycles. The van der Waals surface area contributed by atoms with Crippen LogP contribution in [0.5, 0.6) is 0 Å². The average molecular weight is 219 g/mol. The molecular weight excluding hydrogens is 202 g/mol. The summed E-state index contributed by atoms with van der Waals surface area (Å²) >= 11 is 0. The van der Waals surface area contributed by atoms with Crippen LogP contribution in [-0.2, 0) is 4.79 Å². The van der Waals surface area contributed by atoms with Crippen molar-refractivity contribution < 1.29 is 9.59 Å². The fraction of sp³-hybridized carbons (Fsp3) is 0.385. The summed E-state index contributed by atoms with van der Waals surface area (Å²) in [7, 11) is 0. The zero-order valence-corrected chi connectivity index (χ0v) is 9.75. The lowest BCUT2D eigenvalue weighted by molar-refractivity contribution is -0.120. The van der Waals surface area contributed by atoms with Gasteiger partial charge in [-0.25, -0.2) is 0 Å². The van der Waals surface area contributed by atoms with Crippen LogP contribution in [0, 0.1) is 6.92 Å². The molecule has 0 heterocycles. The van der Waals surface area contributed by atoms with Gasteiger partial charge in [0.25, 0.3) is 0 Å². The van der Waals surface area contributed by atoms with Crippen LogP contribution < -0.4 is 5.32 Å². The number of Topliss-reactive ketones (excluding diaryl/α,β-unsaturated/α-hetero) is 1. The Hall–Kier alpha value is -1.64. The maximum Gasteiger partial charge on any atom is 0.220 e. The number of rotatable bonds is 5. The molecule has 3 heteroatoms. The van der Waals surface area contributed by atoms with Gasteiger partial charge in [-0.1, -0.05) is 36.8 Å². The minimum absolute atomic E-state index is 0.0514. The zero-order valence-electron chi connectivity index (χ0n) is 9.75. The summed E-state index contributed by atoms with van der Waals surface area (Å²) in [5.41, 5.74) is 1.76. The Kier molecular flexibility index (Phi) is 4.70. The normalized spacial score (nSPS) is 9.88. The van der Waals surface area contributed by atoms with Crippen molar-refractivity contribution in [1.29, 1.82) is 0 Å². The van der Waals surface area contributed by atoms with Gasteiger partial charge < -0.3 is 5.32 Å². The molecule has 0 spiro atoms. The number of hydrogen-bond donors (Lipinski definition) is 1. The summed E-state index contributed by atoms with van der Waals surface area (Å²) in [6.07, 6.45) is 1.27. The van der Waals surface area contributed by atoms with Crippen LogP contribution in [0.3, 0.4) is 0 Å². The molecule has 3 nitrogen and oxygen atoms in total. The second kappa shape index (κ2) is 6.05. The molecule has 0 bridgehead atoms. The largest absolute Gasteiger partial charge is 0.349 e. The van der Waals surface area contributed by atoms with Crippen molar-refractivity contribution in [2.24, 2.45) is 0 Å². The molecule has 0 aliphatic rings. The Morgan fingerprint density at radius 2 is 1.81 bits per heavy atom. The highest BCUT2D eigenvalue weighted by Crippen LogP contribution is 2.03. The Bertz CT molecular complexity index is 368. The van der Waals surface area contributed by atoms with Crippen LogP contribution in [0.4, 0.5) is 0 Å². The fourth-order valence-electron chi connectivity index (χ4n) is 1.34. The molecule has 0 aliphatic heterocycles. The molecule has 0 atom stereocenters. The third kappa shape index (κ3) is 3.85. The van der Waals surface area contributed by atoms with Crippen LogP contribution in [0.15, 0.2) is 24.3 Å². The maximum atomic E-state index is 11.6. The van der Waals surface area contributed by atoms with E-state index < -0.39 is 0 Å². The summed E-state index contributed by atoms with van der Waals surface area (Å²) in [4.78, 5) is 22.8. The van der Waals surface area contributed by atoms with Crippen molar-refractivity contribution in [3.63, 3.8) is 0 Å². The molecule has 86 valence electrons. The molecule has 1 aromatic carbocycles. The highest BCUT2D eigenvalue weighted by molar-refractivity contribution is 5.99. The first kappa shape index (κ1) is 12.4. The molecule has 0 unspecified atom stereocenters. The number of amides is 1. The number of carbonyl (C=O) groups is 2. The van der Waals surface area contributed by atoms with Gasteiger partial charge in [0.1, 0.15) is 0 Å². The monoisotopic (exact) mass is 219 g/mol. The van der Waals surface area contributed by atoms with E-state index in [0.717, 1.165) is 12.0 Å². The van der Waals surface area contributed by atoms with Gasteiger partial charge in [-0.05, 0) is 13.3 Å². The molecule has 16 heavy (non-hydrogen) atoms. The molecule has 0 saturated heterocycles. The Morgan fingerprint density at radius 3 is 2.38 bits per heavy atom. The van der Waals surface area contributed by atoms with Gasteiger partial charge in [0.05, 0.1) is 6.54 Å². The van der Waals surface area contributed by atoms with Crippen LogP contribution in [0.2, 0.25) is 0 Å². The standard InChI is InChI=1S/C13H17NO2/c1-3-4-13(16)14-9-12(15)11-7-5-10(2)6-8-11/h5-8H,3-4,9H2,1-2H3,(H,14,16). The summed E-state index contributed by atoms with van der Waals surface area (Å²) < 4.78 is 0.